The maximum absolute atomic E-state index is 12.8. The Morgan fingerprint density at radius 2 is 1.78 bits per heavy atom. The van der Waals surface area contributed by atoms with E-state index in [1.54, 1.807) is 18.2 Å². The van der Waals surface area contributed by atoms with Crippen LogP contribution in [0.25, 0.3) is 21.8 Å². The van der Waals surface area contributed by atoms with Gasteiger partial charge in [-0.3, -0.25) is 9.59 Å². The minimum Gasteiger partial charge on any atom is -0.480 e. The third kappa shape index (κ3) is 2.48. The third-order valence-electron chi connectivity index (χ3n) is 4.02. The number of pyridine rings is 1. The highest BCUT2D eigenvalue weighted by molar-refractivity contribution is 6.45. The lowest BCUT2D eigenvalue weighted by atomic mass is 10.0. The lowest BCUT2D eigenvalue weighted by Gasteiger charge is -2.16. The molecule has 1 heterocycles. The van der Waals surface area contributed by atoms with E-state index in [4.69, 9.17) is 23.2 Å². The molecule has 0 bridgehead atoms. The van der Waals surface area contributed by atoms with E-state index in [1.807, 2.05) is 19.9 Å². The van der Waals surface area contributed by atoms with Crippen LogP contribution in [0.3, 0.4) is 0 Å². The van der Waals surface area contributed by atoms with Crippen molar-refractivity contribution in [2.45, 2.75) is 20.4 Å². The highest BCUT2D eigenvalue weighted by Gasteiger charge is 2.17. The van der Waals surface area contributed by atoms with Crippen LogP contribution >= 0.6 is 23.2 Å². The summed E-state index contributed by atoms with van der Waals surface area (Å²) >= 11 is 12.3. The van der Waals surface area contributed by atoms with E-state index in [9.17, 15) is 14.7 Å². The molecule has 0 spiro atoms. The average Bonchev–Trinajstić information content (AvgIpc) is 2.48. The molecule has 0 atom stereocenters. The fourth-order valence-electron chi connectivity index (χ4n) is 2.76. The molecule has 0 fully saturated rings. The van der Waals surface area contributed by atoms with Crippen LogP contribution in [-0.2, 0) is 11.3 Å². The van der Waals surface area contributed by atoms with E-state index in [-0.39, 0.29) is 22.0 Å². The predicted octanol–water partition coefficient (Wildman–Crippen LogP) is 4.16. The van der Waals surface area contributed by atoms with Crippen LogP contribution in [0.15, 0.2) is 29.1 Å². The molecule has 4 nitrogen and oxygen atoms in total. The van der Waals surface area contributed by atoms with Crippen LogP contribution in [0.1, 0.15) is 11.1 Å². The van der Waals surface area contributed by atoms with Gasteiger partial charge in [0.05, 0.1) is 21.1 Å². The number of carboxylic acid groups (broad SMARTS) is 1. The number of halogens is 2. The molecule has 0 aliphatic heterocycles. The molecule has 0 unspecified atom stereocenters. The summed E-state index contributed by atoms with van der Waals surface area (Å²) in [4.78, 5) is 24.1. The van der Waals surface area contributed by atoms with Crippen LogP contribution < -0.4 is 5.43 Å². The number of aryl methyl sites for hydroxylation is 2. The maximum Gasteiger partial charge on any atom is 0.323 e. The van der Waals surface area contributed by atoms with Crippen molar-refractivity contribution in [2.75, 3.05) is 0 Å². The average molecular weight is 350 g/mol. The van der Waals surface area contributed by atoms with Gasteiger partial charge in [0.2, 0.25) is 0 Å². The lowest BCUT2D eigenvalue weighted by molar-refractivity contribution is -0.137. The molecule has 2 aromatic carbocycles. The molecule has 1 N–H and O–H groups in total. The van der Waals surface area contributed by atoms with Gasteiger partial charge < -0.3 is 9.67 Å². The van der Waals surface area contributed by atoms with Crippen molar-refractivity contribution < 1.29 is 9.90 Å². The normalized spacial score (nSPS) is 11.3. The molecule has 0 radical (unpaired) electrons. The number of hydrogen-bond acceptors (Lipinski definition) is 2. The van der Waals surface area contributed by atoms with Crippen molar-refractivity contribution in [3.8, 4) is 0 Å². The van der Waals surface area contributed by atoms with E-state index < -0.39 is 5.97 Å². The largest absolute Gasteiger partial charge is 0.480 e. The van der Waals surface area contributed by atoms with E-state index in [0.717, 1.165) is 11.1 Å². The quantitative estimate of drug-likeness (QED) is 0.706. The molecule has 1 aromatic heterocycles. The summed E-state index contributed by atoms with van der Waals surface area (Å²) in [5, 5.41) is 10.6. The Bertz CT molecular complexity index is 1030. The molecule has 0 saturated carbocycles. The topological polar surface area (TPSA) is 59.3 Å². The minimum atomic E-state index is -1.02. The van der Waals surface area contributed by atoms with Crippen LogP contribution in [-0.4, -0.2) is 15.6 Å². The standard InChI is InChI=1S/C17H13Cl2NO3/c1-8-5-11-13(6-9(8)2)20(7-14(21)22)16-10(17(11)23)3-4-12(18)15(16)19/h3-6H,7H2,1-2H3,(H,21,22). The second kappa shape index (κ2) is 5.55. The van der Waals surface area contributed by atoms with Gasteiger partial charge in [0.15, 0.2) is 5.43 Å². The van der Waals surface area contributed by atoms with Crippen molar-refractivity contribution in [3.05, 3.63) is 55.7 Å². The van der Waals surface area contributed by atoms with Gasteiger partial charge in [-0.05, 0) is 49.2 Å². The van der Waals surface area contributed by atoms with Gasteiger partial charge in [-0.25, -0.2) is 0 Å². The minimum absolute atomic E-state index is 0.182. The number of benzene rings is 2. The predicted molar refractivity (Wildman–Crippen MR) is 92.8 cm³/mol. The number of fused-ring (bicyclic) bond motifs is 2. The van der Waals surface area contributed by atoms with Gasteiger partial charge in [0.25, 0.3) is 0 Å². The van der Waals surface area contributed by atoms with Gasteiger partial charge in [-0.1, -0.05) is 23.2 Å². The van der Waals surface area contributed by atoms with Gasteiger partial charge in [0.1, 0.15) is 6.54 Å². The van der Waals surface area contributed by atoms with E-state index >= 15 is 0 Å². The van der Waals surface area contributed by atoms with Crippen LogP contribution in [0.2, 0.25) is 10.0 Å². The maximum atomic E-state index is 12.8. The molecular formula is C17H13Cl2NO3. The summed E-state index contributed by atoms with van der Waals surface area (Å²) in [6, 6.07) is 6.73. The first-order chi connectivity index (χ1) is 10.8. The first-order valence-corrected chi connectivity index (χ1v) is 7.70. The van der Waals surface area contributed by atoms with E-state index in [0.29, 0.717) is 21.8 Å². The van der Waals surface area contributed by atoms with Crippen LogP contribution in [0, 0.1) is 13.8 Å². The fraction of sp³-hybridized carbons (Fsp3) is 0.176. The van der Waals surface area contributed by atoms with E-state index in [2.05, 4.69) is 0 Å². The Hall–Kier alpha value is -2.04. The first kappa shape index (κ1) is 15.8. The Morgan fingerprint density at radius 1 is 1.13 bits per heavy atom. The monoisotopic (exact) mass is 349 g/mol. The third-order valence-corrected chi connectivity index (χ3v) is 4.82. The summed E-state index contributed by atoms with van der Waals surface area (Å²) < 4.78 is 1.54. The molecule has 6 heteroatoms. The molecule has 3 aromatic rings. The van der Waals surface area contributed by atoms with Gasteiger partial charge >= 0.3 is 5.97 Å². The molecule has 3 rings (SSSR count). The number of rotatable bonds is 2. The number of carboxylic acids is 1. The zero-order valence-corrected chi connectivity index (χ0v) is 14.0. The zero-order valence-electron chi connectivity index (χ0n) is 12.5. The Balaban J connectivity index is 2.65. The molecule has 23 heavy (non-hydrogen) atoms. The highest BCUT2D eigenvalue weighted by atomic mass is 35.5. The van der Waals surface area contributed by atoms with Crippen LogP contribution in [0.4, 0.5) is 0 Å². The molecule has 0 saturated heterocycles. The number of hydrogen-bond donors (Lipinski definition) is 1. The van der Waals surface area contributed by atoms with Crippen molar-refractivity contribution >= 4 is 51.0 Å². The molecule has 0 aliphatic rings. The smallest absolute Gasteiger partial charge is 0.323 e. The van der Waals surface area contributed by atoms with Gasteiger partial charge in [0, 0.05) is 10.8 Å². The van der Waals surface area contributed by atoms with Crippen molar-refractivity contribution in [2.24, 2.45) is 0 Å². The number of aliphatic carboxylic acids is 1. The van der Waals surface area contributed by atoms with E-state index in [1.165, 1.54) is 4.57 Å². The molecular weight excluding hydrogens is 337 g/mol. The van der Waals surface area contributed by atoms with Crippen LogP contribution in [0.5, 0.6) is 0 Å². The molecule has 0 aliphatic carbocycles. The molecule has 118 valence electrons. The van der Waals surface area contributed by atoms with Crippen molar-refractivity contribution in [3.63, 3.8) is 0 Å². The Kier molecular flexibility index (Phi) is 3.82. The first-order valence-electron chi connectivity index (χ1n) is 6.94. The Labute approximate surface area is 141 Å². The van der Waals surface area contributed by atoms with Crippen molar-refractivity contribution in [1.82, 2.24) is 4.57 Å². The lowest BCUT2D eigenvalue weighted by Crippen LogP contribution is -2.16. The second-order valence-corrected chi connectivity index (χ2v) is 6.31. The summed E-state index contributed by atoms with van der Waals surface area (Å²) in [5.74, 6) is -1.02. The SMILES string of the molecule is Cc1cc2c(=O)c3ccc(Cl)c(Cl)c3n(CC(=O)O)c2cc1C. The number of carbonyl (C=O) groups is 1. The zero-order chi connectivity index (χ0) is 16.9. The summed E-state index contributed by atoms with van der Waals surface area (Å²) in [7, 11) is 0. The summed E-state index contributed by atoms with van der Waals surface area (Å²) in [5.41, 5.74) is 2.64. The second-order valence-electron chi connectivity index (χ2n) is 5.52. The number of aromatic nitrogens is 1. The van der Waals surface area contributed by atoms with Gasteiger partial charge in [-0.2, -0.15) is 0 Å². The highest BCUT2D eigenvalue weighted by Crippen LogP contribution is 2.32. The fourth-order valence-corrected chi connectivity index (χ4v) is 3.18. The van der Waals surface area contributed by atoms with Crippen molar-refractivity contribution in [1.29, 1.82) is 0 Å². The summed E-state index contributed by atoms with van der Waals surface area (Å²) in [6.07, 6.45) is 0. The van der Waals surface area contributed by atoms with Gasteiger partial charge in [-0.15, -0.1) is 0 Å². The number of nitrogens with zero attached hydrogens (tertiary/aromatic N) is 1. The molecule has 0 amide bonds. The Morgan fingerprint density at radius 3 is 2.43 bits per heavy atom. The summed E-state index contributed by atoms with van der Waals surface area (Å²) in [6.45, 7) is 3.51.